The summed E-state index contributed by atoms with van der Waals surface area (Å²) in [5.74, 6) is 7.71. The molecule has 0 aromatic carbocycles. The minimum Gasteiger partial charge on any atom is -0.342 e. The molecule has 102 valence electrons. The van der Waals surface area contributed by atoms with E-state index >= 15 is 0 Å². The van der Waals surface area contributed by atoms with Crippen molar-refractivity contribution in [1.82, 2.24) is 10.2 Å². The van der Waals surface area contributed by atoms with Gasteiger partial charge in [0.2, 0.25) is 5.91 Å². The first-order valence-corrected chi connectivity index (χ1v) is 7.01. The first kappa shape index (κ1) is 15.0. The van der Waals surface area contributed by atoms with E-state index in [9.17, 15) is 4.79 Å². The van der Waals surface area contributed by atoms with Crippen molar-refractivity contribution in [2.75, 3.05) is 19.6 Å². The lowest BCUT2D eigenvalue weighted by atomic mass is 9.96. The van der Waals surface area contributed by atoms with Crippen LogP contribution in [-0.2, 0) is 4.79 Å². The number of rotatable bonds is 3. The molecular weight excluding hydrogens is 224 g/mol. The summed E-state index contributed by atoms with van der Waals surface area (Å²) < 4.78 is 0. The topological polar surface area (TPSA) is 32.3 Å². The molecule has 1 rings (SSSR count). The Labute approximate surface area is 111 Å². The van der Waals surface area contributed by atoms with Crippen LogP contribution in [0, 0.1) is 23.7 Å². The number of carbonyl (C=O) groups is 1. The highest BCUT2D eigenvalue weighted by Gasteiger charge is 2.21. The van der Waals surface area contributed by atoms with Crippen molar-refractivity contribution in [2.45, 2.75) is 46.6 Å². The van der Waals surface area contributed by atoms with Gasteiger partial charge in [0.25, 0.3) is 0 Å². The molecular formula is C15H26N2O. The zero-order valence-corrected chi connectivity index (χ0v) is 12.1. The normalized spacial score (nSPS) is 16.9. The van der Waals surface area contributed by atoms with E-state index in [1.54, 1.807) is 0 Å². The van der Waals surface area contributed by atoms with Crippen LogP contribution in [0.4, 0.5) is 0 Å². The molecule has 3 nitrogen and oxygen atoms in total. The number of likely N-dealkylation sites (tertiary alicyclic amines) is 1. The zero-order valence-electron chi connectivity index (χ0n) is 12.1. The average molecular weight is 250 g/mol. The molecule has 1 amide bonds. The number of piperidine rings is 1. The fourth-order valence-electron chi connectivity index (χ4n) is 1.96. The molecule has 0 aromatic rings. The van der Waals surface area contributed by atoms with Crippen molar-refractivity contribution in [3.63, 3.8) is 0 Å². The molecule has 0 bridgehead atoms. The zero-order chi connectivity index (χ0) is 13.5. The SMILES string of the molecule is CC(C)C#CC1CCN(C(=O)CNC(C)C)CC1. The van der Waals surface area contributed by atoms with Crippen molar-refractivity contribution in [1.29, 1.82) is 0 Å². The van der Waals surface area contributed by atoms with Gasteiger partial charge in [-0.05, 0) is 12.8 Å². The predicted molar refractivity (Wildman–Crippen MR) is 75.1 cm³/mol. The quantitative estimate of drug-likeness (QED) is 0.776. The van der Waals surface area contributed by atoms with Crippen LogP contribution in [0.15, 0.2) is 0 Å². The maximum Gasteiger partial charge on any atom is 0.236 e. The van der Waals surface area contributed by atoms with E-state index in [2.05, 4.69) is 44.9 Å². The summed E-state index contributed by atoms with van der Waals surface area (Å²) in [5.41, 5.74) is 0. The van der Waals surface area contributed by atoms with Gasteiger partial charge in [0.15, 0.2) is 0 Å². The molecule has 0 aromatic heterocycles. The summed E-state index contributed by atoms with van der Waals surface area (Å²) >= 11 is 0. The maximum atomic E-state index is 11.9. The van der Waals surface area contributed by atoms with Gasteiger partial charge in [-0.3, -0.25) is 4.79 Å². The van der Waals surface area contributed by atoms with E-state index in [1.165, 1.54) is 0 Å². The second-order valence-electron chi connectivity index (χ2n) is 5.63. The Kier molecular flexibility index (Phi) is 6.21. The Morgan fingerprint density at radius 1 is 1.28 bits per heavy atom. The third-order valence-corrected chi connectivity index (χ3v) is 3.09. The highest BCUT2D eigenvalue weighted by Crippen LogP contribution is 2.16. The van der Waals surface area contributed by atoms with Gasteiger partial charge < -0.3 is 10.2 Å². The second-order valence-corrected chi connectivity index (χ2v) is 5.63. The van der Waals surface area contributed by atoms with Gasteiger partial charge in [0, 0.05) is 31.0 Å². The number of hydrogen-bond acceptors (Lipinski definition) is 2. The van der Waals surface area contributed by atoms with Crippen LogP contribution in [0.25, 0.3) is 0 Å². The molecule has 0 unspecified atom stereocenters. The minimum atomic E-state index is 0.221. The highest BCUT2D eigenvalue weighted by molar-refractivity contribution is 5.78. The lowest BCUT2D eigenvalue weighted by Gasteiger charge is -2.30. The number of nitrogens with zero attached hydrogens (tertiary/aromatic N) is 1. The van der Waals surface area contributed by atoms with Gasteiger partial charge in [0.05, 0.1) is 6.54 Å². The molecule has 1 aliphatic rings. The van der Waals surface area contributed by atoms with Crippen LogP contribution in [-0.4, -0.2) is 36.5 Å². The first-order valence-electron chi connectivity index (χ1n) is 7.01. The van der Waals surface area contributed by atoms with Crippen LogP contribution >= 0.6 is 0 Å². The lowest BCUT2D eigenvalue weighted by Crippen LogP contribution is -2.44. The highest BCUT2D eigenvalue weighted by atomic mass is 16.2. The Hall–Kier alpha value is -1.01. The predicted octanol–water partition coefficient (Wildman–Crippen LogP) is 1.88. The van der Waals surface area contributed by atoms with Crippen molar-refractivity contribution < 1.29 is 4.79 Å². The smallest absolute Gasteiger partial charge is 0.236 e. The van der Waals surface area contributed by atoms with Gasteiger partial charge in [0.1, 0.15) is 0 Å². The van der Waals surface area contributed by atoms with E-state index in [0.29, 0.717) is 24.4 Å². The summed E-state index contributed by atoms with van der Waals surface area (Å²) in [6, 6.07) is 0.364. The van der Waals surface area contributed by atoms with Crippen LogP contribution in [0.1, 0.15) is 40.5 Å². The van der Waals surface area contributed by atoms with Crippen molar-refractivity contribution in [3.05, 3.63) is 0 Å². The first-order chi connectivity index (χ1) is 8.49. The standard InChI is InChI=1S/C15H26N2O/c1-12(2)5-6-14-7-9-17(10-8-14)15(18)11-16-13(3)4/h12-14,16H,7-11H2,1-4H3. The fraction of sp³-hybridized carbons (Fsp3) is 0.800. The van der Waals surface area contributed by atoms with Gasteiger partial charge in [-0.15, -0.1) is 5.92 Å². The molecule has 1 heterocycles. The summed E-state index contributed by atoms with van der Waals surface area (Å²) in [7, 11) is 0. The van der Waals surface area contributed by atoms with Gasteiger partial charge in [-0.1, -0.05) is 33.6 Å². The number of amides is 1. The maximum absolute atomic E-state index is 11.9. The van der Waals surface area contributed by atoms with E-state index in [4.69, 9.17) is 0 Å². The van der Waals surface area contributed by atoms with E-state index in [-0.39, 0.29) is 5.91 Å². The van der Waals surface area contributed by atoms with Crippen LogP contribution in [0.5, 0.6) is 0 Å². The van der Waals surface area contributed by atoms with E-state index < -0.39 is 0 Å². The third kappa shape index (κ3) is 5.55. The van der Waals surface area contributed by atoms with Crippen LogP contribution in [0.3, 0.4) is 0 Å². The Bertz CT molecular complexity index is 317. The molecule has 0 radical (unpaired) electrons. The lowest BCUT2D eigenvalue weighted by molar-refractivity contribution is -0.131. The number of carbonyl (C=O) groups excluding carboxylic acids is 1. The van der Waals surface area contributed by atoms with Crippen LogP contribution in [0.2, 0.25) is 0 Å². The molecule has 1 aliphatic heterocycles. The fourth-order valence-corrected chi connectivity index (χ4v) is 1.96. The van der Waals surface area contributed by atoms with Gasteiger partial charge in [-0.2, -0.15) is 0 Å². The molecule has 0 aliphatic carbocycles. The van der Waals surface area contributed by atoms with Gasteiger partial charge in [-0.25, -0.2) is 0 Å². The minimum absolute atomic E-state index is 0.221. The van der Waals surface area contributed by atoms with E-state index in [0.717, 1.165) is 25.9 Å². The van der Waals surface area contributed by atoms with Crippen molar-refractivity contribution in [3.8, 4) is 11.8 Å². The van der Waals surface area contributed by atoms with Crippen molar-refractivity contribution >= 4 is 5.91 Å². The Morgan fingerprint density at radius 3 is 2.39 bits per heavy atom. The molecule has 18 heavy (non-hydrogen) atoms. The Balaban J connectivity index is 2.31. The molecule has 1 saturated heterocycles. The van der Waals surface area contributed by atoms with Crippen LogP contribution < -0.4 is 5.32 Å². The summed E-state index contributed by atoms with van der Waals surface area (Å²) in [4.78, 5) is 13.9. The third-order valence-electron chi connectivity index (χ3n) is 3.09. The molecule has 3 heteroatoms. The largest absolute Gasteiger partial charge is 0.342 e. The van der Waals surface area contributed by atoms with Gasteiger partial charge >= 0.3 is 0 Å². The summed E-state index contributed by atoms with van der Waals surface area (Å²) in [5, 5.41) is 3.17. The monoisotopic (exact) mass is 250 g/mol. The number of nitrogens with one attached hydrogen (secondary N) is 1. The molecule has 0 atom stereocenters. The Morgan fingerprint density at radius 2 is 1.89 bits per heavy atom. The van der Waals surface area contributed by atoms with E-state index in [1.807, 2.05) is 4.90 Å². The molecule has 1 fully saturated rings. The molecule has 1 N–H and O–H groups in total. The number of hydrogen-bond donors (Lipinski definition) is 1. The molecule has 0 spiro atoms. The van der Waals surface area contributed by atoms with Crippen molar-refractivity contribution in [2.24, 2.45) is 11.8 Å². The average Bonchev–Trinajstić information content (AvgIpc) is 2.34. The summed E-state index contributed by atoms with van der Waals surface area (Å²) in [6.07, 6.45) is 2.04. The molecule has 0 saturated carbocycles. The second kappa shape index (κ2) is 7.43. The summed E-state index contributed by atoms with van der Waals surface area (Å²) in [6.45, 7) is 10.5.